The van der Waals surface area contributed by atoms with Gasteiger partial charge >= 0.3 is 11.9 Å². The Balaban J connectivity index is 1.79. The van der Waals surface area contributed by atoms with E-state index in [-0.39, 0.29) is 0 Å². The van der Waals surface area contributed by atoms with Gasteiger partial charge in [-0.15, -0.1) is 0 Å². The van der Waals surface area contributed by atoms with Gasteiger partial charge in [0.05, 0.1) is 6.61 Å². The third-order valence-electron chi connectivity index (χ3n) is 4.28. The first-order valence-electron chi connectivity index (χ1n) is 8.69. The molecule has 4 heteroatoms. The Morgan fingerprint density at radius 2 is 1.52 bits per heavy atom. The van der Waals surface area contributed by atoms with Crippen molar-refractivity contribution < 1.29 is 19.1 Å². The lowest BCUT2D eigenvalue weighted by Gasteiger charge is -2.09. The topological polar surface area (TPSA) is 52.6 Å². The highest BCUT2D eigenvalue weighted by molar-refractivity contribution is 6.08. The number of esters is 2. The summed E-state index contributed by atoms with van der Waals surface area (Å²) in [5, 5.41) is 4.37. The summed E-state index contributed by atoms with van der Waals surface area (Å²) in [6.45, 7) is 7.16. The third-order valence-corrected chi connectivity index (χ3v) is 4.28. The van der Waals surface area contributed by atoms with Crippen molar-refractivity contribution in [1.82, 2.24) is 0 Å². The quantitative estimate of drug-likeness (QED) is 0.201. The predicted molar refractivity (Wildman–Crippen MR) is 107 cm³/mol. The van der Waals surface area contributed by atoms with Gasteiger partial charge in [-0.05, 0) is 52.1 Å². The van der Waals surface area contributed by atoms with E-state index in [1.165, 1.54) is 11.6 Å². The minimum Gasteiger partial charge on any atom is -0.463 e. The molecule has 0 saturated carbocycles. The summed E-state index contributed by atoms with van der Waals surface area (Å²) in [4.78, 5) is 22.4. The van der Waals surface area contributed by atoms with Gasteiger partial charge in [0, 0.05) is 12.2 Å². The van der Waals surface area contributed by atoms with Crippen molar-refractivity contribution in [3.05, 3.63) is 79.4 Å². The third kappa shape index (κ3) is 4.42. The van der Waals surface area contributed by atoms with Crippen molar-refractivity contribution >= 4 is 33.5 Å². The number of carbonyl (C=O) groups is 2. The minimum atomic E-state index is -0.474. The maximum Gasteiger partial charge on any atom is 0.335 e. The number of carbonyl (C=O) groups excluding carboxylic acids is 2. The Labute approximate surface area is 157 Å². The van der Waals surface area contributed by atoms with Crippen molar-refractivity contribution in [2.75, 3.05) is 6.61 Å². The zero-order valence-electron chi connectivity index (χ0n) is 14.9. The number of ether oxygens (including phenoxy) is 2. The van der Waals surface area contributed by atoms with Crippen LogP contribution in [0.15, 0.2) is 73.8 Å². The second kappa shape index (κ2) is 8.32. The fourth-order valence-corrected chi connectivity index (χ4v) is 2.98. The molecule has 0 aliphatic rings. The lowest BCUT2D eigenvalue weighted by molar-refractivity contribution is -0.137. The summed E-state index contributed by atoms with van der Waals surface area (Å²) < 4.78 is 10.2. The van der Waals surface area contributed by atoms with Crippen molar-refractivity contribution in [3.8, 4) is 5.75 Å². The molecule has 0 heterocycles. The van der Waals surface area contributed by atoms with Gasteiger partial charge in [0.2, 0.25) is 0 Å². The zero-order valence-corrected chi connectivity index (χ0v) is 14.9. The molecule has 136 valence electrons. The lowest BCUT2D eigenvalue weighted by atomic mass is 9.98. The molecular weight excluding hydrogens is 340 g/mol. The molecule has 0 N–H and O–H groups in total. The molecule has 0 radical (unpaired) electrons. The van der Waals surface area contributed by atoms with Gasteiger partial charge < -0.3 is 9.47 Å². The van der Waals surface area contributed by atoms with Crippen molar-refractivity contribution in [3.63, 3.8) is 0 Å². The highest BCUT2D eigenvalue weighted by Crippen LogP contribution is 2.29. The van der Waals surface area contributed by atoms with Gasteiger partial charge in [0.1, 0.15) is 5.75 Å². The van der Waals surface area contributed by atoms with Crippen LogP contribution in [0.3, 0.4) is 0 Å². The molecule has 3 aromatic rings. The van der Waals surface area contributed by atoms with Crippen LogP contribution in [0.25, 0.3) is 21.5 Å². The molecule has 0 saturated heterocycles. The summed E-state index contributed by atoms with van der Waals surface area (Å²) in [6, 6.07) is 16.0. The fourth-order valence-electron chi connectivity index (χ4n) is 2.98. The first kappa shape index (κ1) is 18.4. The molecule has 4 nitrogen and oxygen atoms in total. The smallest absolute Gasteiger partial charge is 0.335 e. The van der Waals surface area contributed by atoms with E-state index in [1.54, 1.807) is 6.07 Å². The predicted octanol–water partition coefficient (Wildman–Crippen LogP) is 4.75. The highest BCUT2D eigenvalue weighted by Gasteiger charge is 2.06. The minimum absolute atomic E-state index is 0.382. The van der Waals surface area contributed by atoms with Crippen LogP contribution >= 0.6 is 0 Å². The molecule has 0 aromatic heterocycles. The Morgan fingerprint density at radius 1 is 0.852 bits per heavy atom. The van der Waals surface area contributed by atoms with Crippen LogP contribution in [0.1, 0.15) is 12.0 Å². The molecule has 0 amide bonds. The van der Waals surface area contributed by atoms with E-state index >= 15 is 0 Å². The van der Waals surface area contributed by atoms with Gasteiger partial charge in [-0.25, -0.2) is 9.59 Å². The normalized spacial score (nSPS) is 10.5. The second-order valence-corrected chi connectivity index (χ2v) is 6.10. The van der Waals surface area contributed by atoms with Crippen molar-refractivity contribution in [2.45, 2.75) is 12.8 Å². The van der Waals surface area contributed by atoms with Crippen molar-refractivity contribution in [2.24, 2.45) is 0 Å². The summed E-state index contributed by atoms with van der Waals surface area (Å²) >= 11 is 0. The van der Waals surface area contributed by atoms with E-state index in [2.05, 4.69) is 37.4 Å². The molecule has 0 aliphatic carbocycles. The van der Waals surface area contributed by atoms with E-state index in [1.807, 2.05) is 18.2 Å². The first-order valence-corrected chi connectivity index (χ1v) is 8.69. The van der Waals surface area contributed by atoms with Gasteiger partial charge in [-0.3, -0.25) is 0 Å². The molecule has 0 bridgehead atoms. The second-order valence-electron chi connectivity index (χ2n) is 6.10. The summed E-state index contributed by atoms with van der Waals surface area (Å²) in [7, 11) is 0. The van der Waals surface area contributed by atoms with Gasteiger partial charge in [0.15, 0.2) is 0 Å². The maximum atomic E-state index is 11.4. The van der Waals surface area contributed by atoms with E-state index in [4.69, 9.17) is 9.47 Å². The number of hydrogen-bond acceptors (Lipinski definition) is 4. The van der Waals surface area contributed by atoms with Crippen LogP contribution in [0.4, 0.5) is 0 Å². The number of rotatable bonds is 7. The average Bonchev–Trinajstić information content (AvgIpc) is 2.70. The molecule has 0 fully saturated rings. The lowest BCUT2D eigenvalue weighted by Crippen LogP contribution is -2.03. The molecule has 0 spiro atoms. The largest absolute Gasteiger partial charge is 0.463 e. The Bertz CT molecular complexity index is 1030. The number of fused-ring (bicyclic) bond motifs is 3. The first-order chi connectivity index (χ1) is 13.1. The summed E-state index contributed by atoms with van der Waals surface area (Å²) in [6.07, 6.45) is 3.90. The molecule has 3 rings (SSSR count). The summed E-state index contributed by atoms with van der Waals surface area (Å²) in [5.41, 5.74) is 1.19. The SMILES string of the molecule is C=CC(=O)OCCCc1ccc2c(ccc3cc(OC(=O)C=C)ccc32)c1. The number of aryl methyl sites for hydroxylation is 1. The Morgan fingerprint density at radius 3 is 2.22 bits per heavy atom. The van der Waals surface area contributed by atoms with Crippen LogP contribution < -0.4 is 4.74 Å². The van der Waals surface area contributed by atoms with Crippen LogP contribution in [-0.4, -0.2) is 18.5 Å². The standard InChI is InChI=1S/C23H20O4/c1-3-22(24)26-13-5-6-16-7-11-20-17(14-16)8-9-18-15-19(10-12-21(18)20)27-23(25)4-2/h3-4,7-12,14-15H,1-2,5-6,13H2. The van der Waals surface area contributed by atoms with Crippen LogP contribution in [0.5, 0.6) is 5.75 Å². The number of benzene rings is 3. The van der Waals surface area contributed by atoms with Crippen LogP contribution in [-0.2, 0) is 20.7 Å². The van der Waals surface area contributed by atoms with E-state index in [0.717, 1.165) is 40.5 Å². The fraction of sp³-hybridized carbons (Fsp3) is 0.130. The van der Waals surface area contributed by atoms with Crippen LogP contribution in [0.2, 0.25) is 0 Å². The molecule has 0 atom stereocenters. The van der Waals surface area contributed by atoms with Crippen molar-refractivity contribution in [1.29, 1.82) is 0 Å². The van der Waals surface area contributed by atoms with Gasteiger partial charge in [-0.1, -0.05) is 49.6 Å². The molecule has 27 heavy (non-hydrogen) atoms. The molecule has 0 aliphatic heterocycles. The van der Waals surface area contributed by atoms with Crippen LogP contribution in [0, 0.1) is 0 Å². The van der Waals surface area contributed by atoms with Gasteiger partial charge in [-0.2, -0.15) is 0 Å². The van der Waals surface area contributed by atoms with Gasteiger partial charge in [0.25, 0.3) is 0 Å². The monoisotopic (exact) mass is 360 g/mol. The maximum absolute atomic E-state index is 11.4. The Kier molecular flexibility index (Phi) is 5.67. The molecule has 0 unspecified atom stereocenters. The van der Waals surface area contributed by atoms with E-state index in [9.17, 15) is 9.59 Å². The number of hydrogen-bond donors (Lipinski definition) is 0. The average molecular weight is 360 g/mol. The van der Waals surface area contributed by atoms with E-state index in [0.29, 0.717) is 12.4 Å². The van der Waals surface area contributed by atoms with E-state index < -0.39 is 11.9 Å². The zero-order chi connectivity index (χ0) is 19.2. The molecular formula is C23H20O4. The highest BCUT2D eigenvalue weighted by atomic mass is 16.5. The molecule has 3 aromatic carbocycles. The Hall–Kier alpha value is -3.40. The summed E-state index contributed by atoms with van der Waals surface area (Å²) in [5.74, 6) is -0.367.